The number of guanidine groups is 1. The molecule has 1 aromatic heterocycles. The largest absolute Gasteiger partial charge is 0.573 e. The number of aromatic nitrogens is 1. The molecule has 0 spiro atoms. The Labute approximate surface area is 177 Å². The standard InChI is InChI=1S/C22H21F3N4O2/c23-22(24,25)31-19-10-8-16(9-11-19)13-28-21(26)29-14-18-7-4-12-27-20(18)30-15-17-5-2-1-3-6-17/h1-12H,13-15H2,(H3,26,28,29). The maximum absolute atomic E-state index is 12.2. The first kappa shape index (κ1) is 21.9. The minimum Gasteiger partial charge on any atom is -0.473 e. The molecule has 0 saturated heterocycles. The summed E-state index contributed by atoms with van der Waals surface area (Å²) < 4.78 is 46.2. The fraction of sp³-hybridized carbons (Fsp3) is 0.182. The summed E-state index contributed by atoms with van der Waals surface area (Å²) in [6.45, 7) is 0.948. The van der Waals surface area contributed by atoms with Crippen LogP contribution in [0.15, 0.2) is 77.9 Å². The Morgan fingerprint density at radius 1 is 0.968 bits per heavy atom. The van der Waals surface area contributed by atoms with Crippen molar-refractivity contribution in [2.75, 3.05) is 0 Å². The molecule has 3 N–H and O–H groups in total. The van der Waals surface area contributed by atoms with E-state index in [-0.39, 0.29) is 18.3 Å². The van der Waals surface area contributed by atoms with Crippen LogP contribution in [0, 0.1) is 0 Å². The van der Waals surface area contributed by atoms with Crippen LogP contribution in [-0.2, 0) is 19.7 Å². The molecule has 0 amide bonds. The van der Waals surface area contributed by atoms with Crippen LogP contribution in [-0.4, -0.2) is 17.3 Å². The fourth-order valence-corrected chi connectivity index (χ4v) is 2.63. The van der Waals surface area contributed by atoms with Gasteiger partial charge < -0.3 is 20.5 Å². The summed E-state index contributed by atoms with van der Waals surface area (Å²) in [6.07, 6.45) is -3.07. The Morgan fingerprint density at radius 2 is 1.71 bits per heavy atom. The van der Waals surface area contributed by atoms with Crippen LogP contribution in [0.2, 0.25) is 0 Å². The Kier molecular flexibility index (Phi) is 7.31. The van der Waals surface area contributed by atoms with E-state index in [9.17, 15) is 13.2 Å². The summed E-state index contributed by atoms with van der Waals surface area (Å²) in [7, 11) is 0. The number of aliphatic imine (C=N–C) groups is 1. The molecule has 0 aliphatic carbocycles. The summed E-state index contributed by atoms with van der Waals surface area (Å²) >= 11 is 0. The predicted molar refractivity (Wildman–Crippen MR) is 110 cm³/mol. The number of nitrogens with zero attached hydrogens (tertiary/aromatic N) is 2. The SMILES string of the molecule is NC(=NCc1ccc(OC(F)(F)F)cc1)NCc1cccnc1OCc1ccccc1. The van der Waals surface area contributed by atoms with Crippen molar-refractivity contribution < 1.29 is 22.6 Å². The van der Waals surface area contributed by atoms with Gasteiger partial charge in [0.05, 0.1) is 6.54 Å². The monoisotopic (exact) mass is 430 g/mol. The normalized spacial score (nSPS) is 11.8. The molecule has 162 valence electrons. The molecule has 9 heteroatoms. The van der Waals surface area contributed by atoms with E-state index < -0.39 is 6.36 Å². The van der Waals surface area contributed by atoms with Gasteiger partial charge in [-0.1, -0.05) is 48.5 Å². The van der Waals surface area contributed by atoms with Gasteiger partial charge in [0.1, 0.15) is 12.4 Å². The molecule has 0 unspecified atom stereocenters. The Balaban J connectivity index is 1.52. The molecule has 3 aromatic rings. The molecule has 3 rings (SSSR count). The second kappa shape index (κ2) is 10.3. The maximum Gasteiger partial charge on any atom is 0.573 e. The third-order valence-corrected chi connectivity index (χ3v) is 4.12. The third-order valence-electron chi connectivity index (χ3n) is 4.12. The Hall–Kier alpha value is -3.75. The molecule has 0 bridgehead atoms. The predicted octanol–water partition coefficient (Wildman–Crippen LogP) is 4.16. The minimum atomic E-state index is -4.72. The maximum atomic E-state index is 12.2. The lowest BCUT2D eigenvalue weighted by Crippen LogP contribution is -2.31. The van der Waals surface area contributed by atoms with Gasteiger partial charge in [-0.15, -0.1) is 13.2 Å². The van der Waals surface area contributed by atoms with E-state index in [0.717, 1.165) is 11.1 Å². The van der Waals surface area contributed by atoms with Crippen LogP contribution in [0.1, 0.15) is 16.7 Å². The molecular formula is C22H21F3N4O2. The lowest BCUT2D eigenvalue weighted by molar-refractivity contribution is -0.274. The first-order valence-electron chi connectivity index (χ1n) is 9.38. The zero-order valence-corrected chi connectivity index (χ0v) is 16.5. The lowest BCUT2D eigenvalue weighted by Gasteiger charge is -2.11. The summed E-state index contributed by atoms with van der Waals surface area (Å²) in [4.78, 5) is 8.46. The second-order valence-electron chi connectivity index (χ2n) is 6.49. The highest BCUT2D eigenvalue weighted by atomic mass is 19.4. The van der Waals surface area contributed by atoms with E-state index in [2.05, 4.69) is 20.0 Å². The molecule has 0 fully saturated rings. The van der Waals surface area contributed by atoms with Crippen molar-refractivity contribution in [1.82, 2.24) is 10.3 Å². The number of halogens is 3. The third kappa shape index (κ3) is 7.54. The number of hydrogen-bond acceptors (Lipinski definition) is 4. The topological polar surface area (TPSA) is 81.8 Å². The van der Waals surface area contributed by atoms with Gasteiger partial charge in [-0.2, -0.15) is 0 Å². The van der Waals surface area contributed by atoms with Crippen LogP contribution < -0.4 is 20.5 Å². The van der Waals surface area contributed by atoms with Gasteiger partial charge >= 0.3 is 6.36 Å². The van der Waals surface area contributed by atoms with Gasteiger partial charge in [-0.25, -0.2) is 9.98 Å². The van der Waals surface area contributed by atoms with Crippen LogP contribution >= 0.6 is 0 Å². The molecule has 1 heterocycles. The number of alkyl halides is 3. The Bertz CT molecular complexity index is 994. The average Bonchev–Trinajstić information content (AvgIpc) is 2.76. The Morgan fingerprint density at radius 3 is 2.42 bits per heavy atom. The number of rotatable bonds is 8. The van der Waals surface area contributed by atoms with Crippen molar-refractivity contribution in [3.63, 3.8) is 0 Å². The van der Waals surface area contributed by atoms with Crippen molar-refractivity contribution in [3.8, 4) is 11.6 Å². The van der Waals surface area contributed by atoms with E-state index in [1.165, 1.54) is 24.3 Å². The van der Waals surface area contributed by atoms with Gasteiger partial charge in [-0.05, 0) is 29.3 Å². The zero-order valence-electron chi connectivity index (χ0n) is 16.5. The van der Waals surface area contributed by atoms with E-state index >= 15 is 0 Å². The number of hydrogen-bond donors (Lipinski definition) is 2. The number of pyridine rings is 1. The zero-order chi connectivity index (χ0) is 22.1. The highest BCUT2D eigenvalue weighted by Crippen LogP contribution is 2.23. The summed E-state index contributed by atoms with van der Waals surface area (Å²) in [5, 5.41) is 2.98. The fourth-order valence-electron chi connectivity index (χ4n) is 2.63. The molecule has 0 saturated carbocycles. The molecular weight excluding hydrogens is 409 g/mol. The molecule has 6 nitrogen and oxygen atoms in total. The number of benzene rings is 2. The van der Waals surface area contributed by atoms with Crippen molar-refractivity contribution >= 4 is 5.96 Å². The number of ether oxygens (including phenoxy) is 2. The smallest absolute Gasteiger partial charge is 0.473 e. The molecule has 0 aliphatic rings. The van der Waals surface area contributed by atoms with Gasteiger partial charge in [0.2, 0.25) is 5.88 Å². The van der Waals surface area contributed by atoms with E-state index in [1.807, 2.05) is 36.4 Å². The first-order chi connectivity index (χ1) is 14.9. The number of nitrogens with one attached hydrogen (secondary N) is 1. The molecule has 2 aromatic carbocycles. The van der Waals surface area contributed by atoms with Crippen molar-refractivity contribution in [1.29, 1.82) is 0 Å². The van der Waals surface area contributed by atoms with Gasteiger partial charge in [0.15, 0.2) is 5.96 Å². The average molecular weight is 430 g/mol. The van der Waals surface area contributed by atoms with E-state index in [0.29, 0.717) is 24.6 Å². The summed E-state index contributed by atoms with van der Waals surface area (Å²) in [5.41, 5.74) is 8.43. The highest BCUT2D eigenvalue weighted by Gasteiger charge is 2.30. The highest BCUT2D eigenvalue weighted by molar-refractivity contribution is 5.77. The molecule has 0 atom stereocenters. The van der Waals surface area contributed by atoms with E-state index in [4.69, 9.17) is 10.5 Å². The first-order valence-corrected chi connectivity index (χ1v) is 9.38. The van der Waals surface area contributed by atoms with Crippen molar-refractivity contribution in [2.24, 2.45) is 10.7 Å². The second-order valence-corrected chi connectivity index (χ2v) is 6.49. The molecule has 31 heavy (non-hydrogen) atoms. The van der Waals surface area contributed by atoms with Crippen LogP contribution in [0.5, 0.6) is 11.6 Å². The lowest BCUT2D eigenvalue weighted by atomic mass is 10.2. The quantitative estimate of drug-likeness (QED) is 0.414. The van der Waals surface area contributed by atoms with Gasteiger partial charge in [0, 0.05) is 18.3 Å². The number of nitrogens with two attached hydrogens (primary N) is 1. The van der Waals surface area contributed by atoms with Crippen LogP contribution in [0.25, 0.3) is 0 Å². The van der Waals surface area contributed by atoms with Gasteiger partial charge in [-0.3, -0.25) is 0 Å². The van der Waals surface area contributed by atoms with Crippen molar-refractivity contribution in [3.05, 3.63) is 89.6 Å². The van der Waals surface area contributed by atoms with Gasteiger partial charge in [0.25, 0.3) is 0 Å². The van der Waals surface area contributed by atoms with E-state index in [1.54, 1.807) is 12.3 Å². The minimum absolute atomic E-state index is 0.188. The van der Waals surface area contributed by atoms with Crippen molar-refractivity contribution in [2.45, 2.75) is 26.1 Å². The summed E-state index contributed by atoms with van der Waals surface area (Å²) in [5.74, 6) is 0.395. The van der Waals surface area contributed by atoms with Crippen LogP contribution in [0.3, 0.4) is 0 Å². The molecule has 0 radical (unpaired) electrons. The van der Waals surface area contributed by atoms with Crippen LogP contribution in [0.4, 0.5) is 13.2 Å². The molecule has 0 aliphatic heterocycles. The summed E-state index contributed by atoms with van der Waals surface area (Å²) in [6, 6.07) is 18.9.